The summed E-state index contributed by atoms with van der Waals surface area (Å²) in [5.74, 6) is 1.83. The molecule has 0 aromatic heterocycles. The third-order valence-corrected chi connectivity index (χ3v) is 4.00. The average molecular weight is 217 g/mol. The second-order valence-electron chi connectivity index (χ2n) is 5.94. The van der Waals surface area contributed by atoms with Gasteiger partial charge >= 0.3 is 0 Å². The number of hydrogen-bond donors (Lipinski definition) is 0. The topological polar surface area (TPSA) is 0 Å². The Kier molecular flexibility index (Phi) is 4.30. The van der Waals surface area contributed by atoms with Crippen LogP contribution in [0, 0.1) is 17.3 Å². The van der Waals surface area contributed by atoms with E-state index in [2.05, 4.69) is 27.7 Å². The van der Waals surface area contributed by atoms with Crippen LogP contribution in [0.25, 0.3) is 0 Å². The van der Waals surface area contributed by atoms with E-state index in [4.69, 9.17) is 11.6 Å². The summed E-state index contributed by atoms with van der Waals surface area (Å²) in [5, 5.41) is 0.322. The van der Waals surface area contributed by atoms with E-state index in [1.54, 1.807) is 0 Å². The first-order chi connectivity index (χ1) is 6.42. The van der Waals surface area contributed by atoms with Crippen LogP contribution in [0.15, 0.2) is 0 Å². The summed E-state index contributed by atoms with van der Waals surface area (Å²) in [6.45, 7) is 9.31. The van der Waals surface area contributed by atoms with E-state index in [0.717, 1.165) is 18.3 Å². The van der Waals surface area contributed by atoms with Gasteiger partial charge in [-0.15, -0.1) is 11.6 Å². The van der Waals surface area contributed by atoms with Gasteiger partial charge in [0.25, 0.3) is 0 Å². The third-order valence-electron chi connectivity index (χ3n) is 3.85. The summed E-state index contributed by atoms with van der Waals surface area (Å²) in [6, 6.07) is 0. The monoisotopic (exact) mass is 216 g/mol. The van der Waals surface area contributed by atoms with E-state index in [9.17, 15) is 0 Å². The van der Waals surface area contributed by atoms with Crippen molar-refractivity contribution in [2.24, 2.45) is 17.3 Å². The zero-order valence-electron chi connectivity index (χ0n) is 10.1. The molecule has 3 atom stereocenters. The summed E-state index contributed by atoms with van der Waals surface area (Å²) in [5.41, 5.74) is 0.440. The molecule has 1 fully saturated rings. The van der Waals surface area contributed by atoms with E-state index >= 15 is 0 Å². The zero-order valence-corrected chi connectivity index (χ0v) is 10.9. The van der Waals surface area contributed by atoms with Crippen molar-refractivity contribution < 1.29 is 0 Å². The van der Waals surface area contributed by atoms with Gasteiger partial charge in [0.2, 0.25) is 0 Å². The molecule has 0 N–H and O–H groups in total. The fourth-order valence-corrected chi connectivity index (χ4v) is 3.43. The van der Waals surface area contributed by atoms with Crippen LogP contribution in [0.1, 0.15) is 59.8 Å². The van der Waals surface area contributed by atoms with Crippen LogP contribution in [0.2, 0.25) is 0 Å². The highest BCUT2D eigenvalue weighted by molar-refractivity contribution is 6.20. The first-order valence-corrected chi connectivity index (χ1v) is 6.49. The highest BCUT2D eigenvalue weighted by Gasteiger charge is 2.33. The van der Waals surface area contributed by atoms with Gasteiger partial charge in [-0.25, -0.2) is 0 Å². The van der Waals surface area contributed by atoms with Gasteiger partial charge in [0.1, 0.15) is 0 Å². The van der Waals surface area contributed by atoms with Crippen LogP contribution < -0.4 is 0 Å². The number of halogens is 1. The fraction of sp³-hybridized carbons (Fsp3) is 1.00. The average Bonchev–Trinajstić information content (AvgIpc) is 2.01. The molecule has 0 aromatic rings. The highest BCUT2D eigenvalue weighted by Crippen LogP contribution is 2.43. The summed E-state index contributed by atoms with van der Waals surface area (Å²) in [7, 11) is 0. The van der Waals surface area contributed by atoms with Gasteiger partial charge in [0.15, 0.2) is 0 Å². The van der Waals surface area contributed by atoms with Crippen molar-refractivity contribution in [1.29, 1.82) is 0 Å². The third kappa shape index (κ3) is 3.46. The normalized spacial score (nSPS) is 31.5. The maximum absolute atomic E-state index is 6.12. The molecule has 14 heavy (non-hydrogen) atoms. The molecule has 0 heterocycles. The number of hydrogen-bond acceptors (Lipinski definition) is 0. The maximum atomic E-state index is 6.12. The Morgan fingerprint density at radius 3 is 2.50 bits per heavy atom. The van der Waals surface area contributed by atoms with E-state index in [1.165, 1.54) is 25.7 Å². The van der Waals surface area contributed by atoms with E-state index < -0.39 is 0 Å². The lowest BCUT2D eigenvalue weighted by Crippen LogP contribution is -2.30. The molecular weight excluding hydrogens is 192 g/mol. The van der Waals surface area contributed by atoms with Crippen LogP contribution in [0.3, 0.4) is 0 Å². The molecule has 1 rings (SSSR count). The molecule has 0 radical (unpaired) electrons. The molecule has 0 aliphatic heterocycles. The molecule has 0 bridgehead atoms. The Balaban J connectivity index is 2.52. The van der Waals surface area contributed by atoms with Crippen molar-refractivity contribution in [3.63, 3.8) is 0 Å². The smallest absolute Gasteiger partial charge is 0.0313 e. The molecule has 0 saturated heterocycles. The predicted molar refractivity (Wildman–Crippen MR) is 64.8 cm³/mol. The second kappa shape index (κ2) is 4.88. The van der Waals surface area contributed by atoms with Crippen molar-refractivity contribution in [2.45, 2.75) is 65.2 Å². The summed E-state index contributed by atoms with van der Waals surface area (Å²) < 4.78 is 0. The molecule has 1 aliphatic carbocycles. The Morgan fingerprint density at radius 2 is 2.00 bits per heavy atom. The molecule has 0 amide bonds. The predicted octanol–water partition coefficient (Wildman–Crippen LogP) is 4.86. The van der Waals surface area contributed by atoms with E-state index in [1.807, 2.05) is 0 Å². The number of rotatable bonds is 3. The van der Waals surface area contributed by atoms with E-state index in [0.29, 0.717) is 10.8 Å². The van der Waals surface area contributed by atoms with Crippen LogP contribution in [-0.4, -0.2) is 5.38 Å². The Morgan fingerprint density at radius 1 is 1.36 bits per heavy atom. The van der Waals surface area contributed by atoms with Crippen LogP contribution in [-0.2, 0) is 0 Å². The standard InChI is InChI=1S/C13H25Cl/c1-10-6-5-7-12(8-10)13(3,4)9-11(2)14/h10-12H,5-9H2,1-4H3. The highest BCUT2D eigenvalue weighted by atomic mass is 35.5. The molecule has 0 aromatic carbocycles. The summed E-state index contributed by atoms with van der Waals surface area (Å²) in [4.78, 5) is 0. The maximum Gasteiger partial charge on any atom is 0.0313 e. The molecule has 3 unspecified atom stereocenters. The largest absolute Gasteiger partial charge is 0.123 e. The Labute approximate surface area is 94.4 Å². The van der Waals surface area contributed by atoms with Gasteiger partial charge in [0.05, 0.1) is 0 Å². The minimum absolute atomic E-state index is 0.322. The first-order valence-electron chi connectivity index (χ1n) is 6.06. The Hall–Kier alpha value is 0.290. The second-order valence-corrected chi connectivity index (χ2v) is 6.69. The van der Waals surface area contributed by atoms with Crippen molar-refractivity contribution >= 4 is 11.6 Å². The van der Waals surface area contributed by atoms with Gasteiger partial charge < -0.3 is 0 Å². The fourth-order valence-electron chi connectivity index (χ4n) is 3.04. The van der Waals surface area contributed by atoms with Gasteiger partial charge in [-0.1, -0.05) is 33.6 Å². The number of alkyl halides is 1. The van der Waals surface area contributed by atoms with Crippen LogP contribution in [0.5, 0.6) is 0 Å². The van der Waals surface area contributed by atoms with E-state index in [-0.39, 0.29) is 0 Å². The molecule has 1 aliphatic rings. The summed E-state index contributed by atoms with van der Waals surface area (Å²) >= 11 is 6.12. The van der Waals surface area contributed by atoms with Crippen LogP contribution in [0.4, 0.5) is 0 Å². The van der Waals surface area contributed by atoms with Crippen molar-refractivity contribution in [1.82, 2.24) is 0 Å². The molecular formula is C13H25Cl. The lowest BCUT2D eigenvalue weighted by atomic mass is 9.66. The minimum atomic E-state index is 0.322. The lowest BCUT2D eigenvalue weighted by Gasteiger charge is -2.40. The molecule has 1 saturated carbocycles. The summed E-state index contributed by atoms with van der Waals surface area (Å²) in [6.07, 6.45) is 6.85. The van der Waals surface area contributed by atoms with Crippen molar-refractivity contribution in [2.75, 3.05) is 0 Å². The quantitative estimate of drug-likeness (QED) is 0.592. The van der Waals surface area contributed by atoms with Crippen molar-refractivity contribution in [3.8, 4) is 0 Å². The minimum Gasteiger partial charge on any atom is -0.123 e. The van der Waals surface area contributed by atoms with Gasteiger partial charge in [-0.2, -0.15) is 0 Å². The van der Waals surface area contributed by atoms with Gasteiger partial charge in [-0.3, -0.25) is 0 Å². The van der Waals surface area contributed by atoms with Gasteiger partial charge in [0, 0.05) is 5.38 Å². The first kappa shape index (κ1) is 12.4. The van der Waals surface area contributed by atoms with Crippen molar-refractivity contribution in [3.05, 3.63) is 0 Å². The molecule has 84 valence electrons. The molecule has 1 heteroatoms. The van der Waals surface area contributed by atoms with Gasteiger partial charge in [-0.05, 0) is 43.4 Å². The molecule has 0 spiro atoms. The SMILES string of the molecule is CC(Cl)CC(C)(C)C1CCCC(C)C1. The lowest BCUT2D eigenvalue weighted by molar-refractivity contribution is 0.121. The Bertz CT molecular complexity index is 172. The molecule has 0 nitrogen and oxygen atoms in total. The zero-order chi connectivity index (χ0) is 10.8. The van der Waals surface area contributed by atoms with Crippen LogP contribution >= 0.6 is 11.6 Å².